The summed E-state index contributed by atoms with van der Waals surface area (Å²) in [6.45, 7) is 3.85. The fourth-order valence-electron chi connectivity index (χ4n) is 2.11. The van der Waals surface area contributed by atoms with E-state index in [2.05, 4.69) is 15.4 Å². The number of rotatable bonds is 5. The van der Waals surface area contributed by atoms with E-state index >= 15 is 0 Å². The normalized spacial score (nSPS) is 12.5. The Balaban J connectivity index is 2.17. The predicted octanol–water partition coefficient (Wildman–Crippen LogP) is 2.94. The summed E-state index contributed by atoms with van der Waals surface area (Å²) in [5, 5.41) is 6.44. The summed E-state index contributed by atoms with van der Waals surface area (Å²) < 4.78 is 26.4. The van der Waals surface area contributed by atoms with Gasteiger partial charge in [-0.2, -0.15) is 5.10 Å². The first-order chi connectivity index (χ1) is 10.4. The van der Waals surface area contributed by atoms with Crippen LogP contribution in [0.4, 0.5) is 8.78 Å². The van der Waals surface area contributed by atoms with E-state index in [1.165, 1.54) is 7.05 Å². The third kappa shape index (κ3) is 3.47. The number of alkyl halides is 2. The smallest absolute Gasteiger partial charge is 0.282 e. The first kappa shape index (κ1) is 16.1. The van der Waals surface area contributed by atoms with Crippen molar-refractivity contribution in [2.75, 3.05) is 0 Å². The zero-order valence-corrected chi connectivity index (χ0v) is 12.7. The number of pyridine rings is 1. The van der Waals surface area contributed by atoms with Gasteiger partial charge in [-0.25, -0.2) is 8.78 Å². The lowest BCUT2D eigenvalue weighted by molar-refractivity contribution is 0.0925. The van der Waals surface area contributed by atoms with Gasteiger partial charge in [-0.1, -0.05) is 13.0 Å². The van der Waals surface area contributed by atoms with E-state index in [4.69, 9.17) is 0 Å². The largest absolute Gasteiger partial charge is 0.342 e. The number of carbonyl (C=O) groups is 1. The molecule has 0 unspecified atom stereocenters. The zero-order valence-electron chi connectivity index (χ0n) is 12.7. The average Bonchev–Trinajstić information content (AvgIpc) is 2.88. The van der Waals surface area contributed by atoms with Crippen LogP contribution >= 0.6 is 0 Å². The molecule has 1 atom stereocenters. The van der Waals surface area contributed by atoms with E-state index < -0.39 is 18.0 Å². The van der Waals surface area contributed by atoms with Crippen LogP contribution < -0.4 is 5.32 Å². The molecule has 0 aliphatic heterocycles. The molecule has 0 aromatic carbocycles. The highest BCUT2D eigenvalue weighted by molar-refractivity contribution is 5.92. The number of aromatic nitrogens is 3. The minimum absolute atomic E-state index is 0.0980. The fraction of sp³-hybridized carbons (Fsp3) is 0.400. The number of aryl methyl sites for hydroxylation is 2. The highest BCUT2D eigenvalue weighted by atomic mass is 19.3. The SMILES string of the molecule is CC[C@H](NC(=O)c1cc(C(F)F)nn1C)c1ccc(C)cn1. The van der Waals surface area contributed by atoms with Gasteiger partial charge in [-0.3, -0.25) is 14.5 Å². The lowest BCUT2D eigenvalue weighted by atomic mass is 10.1. The van der Waals surface area contributed by atoms with Gasteiger partial charge in [0, 0.05) is 13.2 Å². The number of hydrogen-bond donors (Lipinski definition) is 1. The molecule has 0 bridgehead atoms. The van der Waals surface area contributed by atoms with Gasteiger partial charge in [0.25, 0.3) is 12.3 Å². The van der Waals surface area contributed by atoms with Crippen molar-refractivity contribution in [3.05, 3.63) is 47.0 Å². The Kier molecular flexibility index (Phi) is 4.85. The van der Waals surface area contributed by atoms with Crippen LogP contribution in [0.25, 0.3) is 0 Å². The van der Waals surface area contributed by atoms with E-state index in [0.29, 0.717) is 6.42 Å². The molecule has 2 heterocycles. The molecule has 2 aromatic rings. The van der Waals surface area contributed by atoms with Crippen molar-refractivity contribution in [2.24, 2.45) is 7.05 Å². The molecule has 0 fully saturated rings. The minimum atomic E-state index is -2.70. The van der Waals surface area contributed by atoms with Crippen LogP contribution in [0.5, 0.6) is 0 Å². The number of amides is 1. The van der Waals surface area contributed by atoms with Crippen LogP contribution in [0.3, 0.4) is 0 Å². The van der Waals surface area contributed by atoms with Crippen LogP contribution in [0.1, 0.15) is 53.3 Å². The summed E-state index contributed by atoms with van der Waals surface area (Å²) in [6, 6.07) is 4.58. The number of nitrogens with one attached hydrogen (secondary N) is 1. The van der Waals surface area contributed by atoms with Crippen molar-refractivity contribution >= 4 is 5.91 Å². The van der Waals surface area contributed by atoms with Crippen molar-refractivity contribution in [2.45, 2.75) is 32.7 Å². The molecule has 0 saturated carbocycles. The summed E-state index contributed by atoms with van der Waals surface area (Å²) in [4.78, 5) is 16.6. The van der Waals surface area contributed by atoms with E-state index in [1.807, 2.05) is 26.0 Å². The monoisotopic (exact) mass is 308 g/mol. The zero-order chi connectivity index (χ0) is 16.3. The fourth-order valence-corrected chi connectivity index (χ4v) is 2.11. The Morgan fingerprint density at radius 2 is 2.09 bits per heavy atom. The van der Waals surface area contributed by atoms with E-state index in [-0.39, 0.29) is 11.7 Å². The Morgan fingerprint density at radius 3 is 2.59 bits per heavy atom. The maximum atomic E-state index is 12.6. The van der Waals surface area contributed by atoms with Crippen LogP contribution in [0, 0.1) is 6.92 Å². The number of hydrogen-bond acceptors (Lipinski definition) is 3. The Hall–Kier alpha value is -2.31. The molecule has 0 aliphatic carbocycles. The van der Waals surface area contributed by atoms with Crippen LogP contribution in [-0.2, 0) is 7.05 Å². The summed E-state index contributed by atoms with van der Waals surface area (Å²) in [5.74, 6) is -0.448. The number of nitrogens with zero attached hydrogens (tertiary/aromatic N) is 3. The first-order valence-electron chi connectivity index (χ1n) is 6.97. The van der Waals surface area contributed by atoms with Gasteiger partial charge in [0.15, 0.2) is 0 Å². The summed E-state index contributed by atoms with van der Waals surface area (Å²) in [5.41, 5.74) is 1.45. The lowest BCUT2D eigenvalue weighted by Crippen LogP contribution is -2.30. The molecule has 5 nitrogen and oxygen atoms in total. The molecule has 1 amide bonds. The lowest BCUT2D eigenvalue weighted by Gasteiger charge is -2.16. The van der Waals surface area contributed by atoms with Crippen LogP contribution in [0.15, 0.2) is 24.4 Å². The Morgan fingerprint density at radius 1 is 1.36 bits per heavy atom. The van der Waals surface area contributed by atoms with E-state index in [1.54, 1.807) is 6.20 Å². The minimum Gasteiger partial charge on any atom is -0.342 e. The molecule has 22 heavy (non-hydrogen) atoms. The van der Waals surface area contributed by atoms with Crippen molar-refractivity contribution in [3.63, 3.8) is 0 Å². The quantitative estimate of drug-likeness (QED) is 0.924. The first-order valence-corrected chi connectivity index (χ1v) is 6.97. The van der Waals surface area contributed by atoms with Crippen molar-refractivity contribution in [3.8, 4) is 0 Å². The van der Waals surface area contributed by atoms with Crippen molar-refractivity contribution in [1.29, 1.82) is 0 Å². The standard InChI is InChI=1S/C15H18F2N4O/c1-4-10(11-6-5-9(2)8-18-11)19-15(22)13-7-12(14(16)17)20-21(13)3/h5-8,10,14H,4H2,1-3H3,(H,19,22)/t10-/m0/s1. The number of halogens is 2. The molecule has 2 rings (SSSR count). The van der Waals surface area contributed by atoms with Gasteiger partial charge < -0.3 is 5.32 Å². The third-order valence-corrected chi connectivity index (χ3v) is 3.36. The van der Waals surface area contributed by atoms with E-state index in [9.17, 15) is 13.6 Å². The summed E-state index contributed by atoms with van der Waals surface area (Å²) in [7, 11) is 1.46. The summed E-state index contributed by atoms with van der Waals surface area (Å²) in [6.07, 6.45) is -0.335. The van der Waals surface area contributed by atoms with Gasteiger partial charge in [0.1, 0.15) is 11.4 Å². The summed E-state index contributed by atoms with van der Waals surface area (Å²) >= 11 is 0. The molecular weight excluding hydrogens is 290 g/mol. The molecule has 0 aliphatic rings. The molecule has 118 valence electrons. The Bertz CT molecular complexity index is 652. The van der Waals surface area contributed by atoms with Gasteiger partial charge in [0.05, 0.1) is 11.7 Å². The average molecular weight is 308 g/mol. The van der Waals surface area contributed by atoms with Crippen molar-refractivity contribution in [1.82, 2.24) is 20.1 Å². The Labute approximate surface area is 127 Å². The molecule has 0 spiro atoms. The van der Waals surface area contributed by atoms with Crippen LogP contribution in [-0.4, -0.2) is 20.7 Å². The second-order valence-corrected chi connectivity index (χ2v) is 5.07. The second kappa shape index (κ2) is 6.64. The van der Waals surface area contributed by atoms with Gasteiger partial charge in [-0.15, -0.1) is 0 Å². The maximum Gasteiger partial charge on any atom is 0.282 e. The molecule has 0 radical (unpaired) electrons. The predicted molar refractivity (Wildman–Crippen MR) is 77.6 cm³/mol. The number of carbonyl (C=O) groups excluding carboxylic acids is 1. The molecule has 1 N–H and O–H groups in total. The van der Waals surface area contributed by atoms with E-state index in [0.717, 1.165) is 22.0 Å². The van der Waals surface area contributed by atoms with Crippen molar-refractivity contribution < 1.29 is 13.6 Å². The van der Waals surface area contributed by atoms with Gasteiger partial charge >= 0.3 is 0 Å². The van der Waals surface area contributed by atoms with Gasteiger partial charge in [-0.05, 0) is 31.0 Å². The molecule has 7 heteroatoms. The van der Waals surface area contributed by atoms with Crippen LogP contribution in [0.2, 0.25) is 0 Å². The maximum absolute atomic E-state index is 12.6. The topological polar surface area (TPSA) is 59.8 Å². The van der Waals surface area contributed by atoms with Gasteiger partial charge in [0.2, 0.25) is 0 Å². The third-order valence-electron chi connectivity index (χ3n) is 3.36. The molecular formula is C15H18F2N4O. The molecule has 0 saturated heterocycles. The highest BCUT2D eigenvalue weighted by Gasteiger charge is 2.21. The molecule has 2 aromatic heterocycles. The highest BCUT2D eigenvalue weighted by Crippen LogP contribution is 2.19. The second-order valence-electron chi connectivity index (χ2n) is 5.07.